The summed E-state index contributed by atoms with van der Waals surface area (Å²) in [4.78, 5) is 0. The van der Waals surface area contributed by atoms with E-state index in [-0.39, 0.29) is 0 Å². The van der Waals surface area contributed by atoms with Gasteiger partial charge in [0.25, 0.3) is 0 Å². The van der Waals surface area contributed by atoms with Gasteiger partial charge in [0.1, 0.15) is 0 Å². The zero-order valence-corrected chi connectivity index (χ0v) is 8.04. The van der Waals surface area contributed by atoms with Crippen LogP contribution in [0.3, 0.4) is 0 Å². The van der Waals surface area contributed by atoms with Crippen molar-refractivity contribution in [2.24, 2.45) is 5.92 Å². The second kappa shape index (κ2) is 4.10. The van der Waals surface area contributed by atoms with Crippen molar-refractivity contribution in [1.82, 2.24) is 0 Å². The standard InChI is InChI=1S/C12H16/c1-4-12(10(2)3)11-8-6-5-7-9-11/h4-10H,1-3H3/b12-4+. The molecule has 0 heteroatoms. The van der Waals surface area contributed by atoms with Crippen molar-refractivity contribution in [1.29, 1.82) is 0 Å². The maximum atomic E-state index is 2.22. The molecule has 12 heavy (non-hydrogen) atoms. The lowest BCUT2D eigenvalue weighted by atomic mass is 9.95. The molecule has 0 bridgehead atoms. The van der Waals surface area contributed by atoms with Gasteiger partial charge in [-0.05, 0) is 24.0 Å². The predicted molar refractivity (Wildman–Crippen MR) is 54.9 cm³/mol. The molecular weight excluding hydrogens is 144 g/mol. The summed E-state index contributed by atoms with van der Waals surface area (Å²) < 4.78 is 0. The first-order chi connectivity index (χ1) is 5.75. The Morgan fingerprint density at radius 2 is 1.75 bits per heavy atom. The van der Waals surface area contributed by atoms with Gasteiger partial charge < -0.3 is 0 Å². The van der Waals surface area contributed by atoms with Gasteiger partial charge in [0, 0.05) is 0 Å². The van der Waals surface area contributed by atoms with Crippen LogP contribution in [0.2, 0.25) is 0 Å². The van der Waals surface area contributed by atoms with Crippen LogP contribution in [-0.4, -0.2) is 0 Å². The molecule has 0 atom stereocenters. The molecule has 0 aromatic heterocycles. The van der Waals surface area contributed by atoms with Crippen molar-refractivity contribution in [2.45, 2.75) is 20.8 Å². The van der Waals surface area contributed by atoms with Gasteiger partial charge in [-0.1, -0.05) is 50.3 Å². The molecule has 0 radical (unpaired) electrons. The second-order valence-electron chi connectivity index (χ2n) is 3.26. The van der Waals surface area contributed by atoms with Crippen LogP contribution in [0.5, 0.6) is 0 Å². The largest absolute Gasteiger partial charge is 0.0836 e. The van der Waals surface area contributed by atoms with E-state index in [1.165, 1.54) is 11.1 Å². The first-order valence-electron chi connectivity index (χ1n) is 4.47. The van der Waals surface area contributed by atoms with Gasteiger partial charge in [0.15, 0.2) is 0 Å². The summed E-state index contributed by atoms with van der Waals surface area (Å²) >= 11 is 0. The molecule has 0 N–H and O–H groups in total. The topological polar surface area (TPSA) is 0 Å². The molecule has 0 saturated heterocycles. The third kappa shape index (κ3) is 1.97. The number of rotatable bonds is 2. The summed E-state index contributed by atoms with van der Waals surface area (Å²) in [7, 11) is 0. The van der Waals surface area contributed by atoms with E-state index in [1.54, 1.807) is 0 Å². The fourth-order valence-electron chi connectivity index (χ4n) is 1.46. The average molecular weight is 160 g/mol. The highest BCUT2D eigenvalue weighted by molar-refractivity contribution is 5.66. The van der Waals surface area contributed by atoms with Gasteiger partial charge in [0.05, 0.1) is 0 Å². The summed E-state index contributed by atoms with van der Waals surface area (Å²) in [6.07, 6.45) is 2.19. The van der Waals surface area contributed by atoms with E-state index in [1.807, 2.05) is 0 Å². The monoisotopic (exact) mass is 160 g/mol. The van der Waals surface area contributed by atoms with Gasteiger partial charge in [-0.15, -0.1) is 0 Å². The first kappa shape index (κ1) is 9.05. The highest BCUT2D eigenvalue weighted by atomic mass is 14.1. The van der Waals surface area contributed by atoms with Crippen LogP contribution in [0.1, 0.15) is 26.3 Å². The molecule has 0 aliphatic carbocycles. The minimum atomic E-state index is 0.609. The molecule has 0 spiro atoms. The van der Waals surface area contributed by atoms with Crippen molar-refractivity contribution in [3.8, 4) is 0 Å². The molecule has 0 saturated carbocycles. The van der Waals surface area contributed by atoms with E-state index >= 15 is 0 Å². The minimum absolute atomic E-state index is 0.609. The predicted octanol–water partition coefficient (Wildman–Crippen LogP) is 3.75. The summed E-state index contributed by atoms with van der Waals surface area (Å²) in [5, 5.41) is 0. The Hall–Kier alpha value is -1.04. The maximum Gasteiger partial charge on any atom is -0.0216 e. The van der Waals surface area contributed by atoms with Crippen molar-refractivity contribution < 1.29 is 0 Å². The molecule has 0 fully saturated rings. The smallest absolute Gasteiger partial charge is 0.0216 e. The summed E-state index contributed by atoms with van der Waals surface area (Å²) in [6, 6.07) is 10.5. The van der Waals surface area contributed by atoms with E-state index in [4.69, 9.17) is 0 Å². The fraction of sp³-hybridized carbons (Fsp3) is 0.333. The molecule has 0 aliphatic heterocycles. The molecule has 0 amide bonds. The lowest BCUT2D eigenvalue weighted by Crippen LogP contribution is -1.92. The summed E-state index contributed by atoms with van der Waals surface area (Å²) in [5.41, 5.74) is 2.77. The van der Waals surface area contributed by atoms with E-state index < -0.39 is 0 Å². The molecule has 1 aromatic carbocycles. The van der Waals surface area contributed by atoms with Gasteiger partial charge in [0.2, 0.25) is 0 Å². The third-order valence-corrected chi connectivity index (χ3v) is 2.04. The van der Waals surface area contributed by atoms with Crippen LogP contribution in [0.25, 0.3) is 5.57 Å². The molecule has 64 valence electrons. The van der Waals surface area contributed by atoms with Gasteiger partial charge in [-0.25, -0.2) is 0 Å². The van der Waals surface area contributed by atoms with Crippen molar-refractivity contribution >= 4 is 5.57 Å². The van der Waals surface area contributed by atoms with Crippen LogP contribution >= 0.6 is 0 Å². The van der Waals surface area contributed by atoms with Crippen molar-refractivity contribution in [3.05, 3.63) is 42.0 Å². The van der Waals surface area contributed by atoms with E-state index in [2.05, 4.69) is 57.2 Å². The molecule has 0 nitrogen and oxygen atoms in total. The van der Waals surface area contributed by atoms with Gasteiger partial charge >= 0.3 is 0 Å². The van der Waals surface area contributed by atoms with Crippen LogP contribution in [0, 0.1) is 5.92 Å². The molecule has 0 heterocycles. The Morgan fingerprint density at radius 3 is 2.17 bits per heavy atom. The van der Waals surface area contributed by atoms with Gasteiger partial charge in [-0.2, -0.15) is 0 Å². The van der Waals surface area contributed by atoms with Crippen LogP contribution in [0.15, 0.2) is 36.4 Å². The highest BCUT2D eigenvalue weighted by Gasteiger charge is 2.02. The second-order valence-corrected chi connectivity index (χ2v) is 3.26. The van der Waals surface area contributed by atoms with Gasteiger partial charge in [-0.3, -0.25) is 0 Å². The molecule has 0 aliphatic rings. The number of benzene rings is 1. The quantitative estimate of drug-likeness (QED) is 0.618. The Labute approximate surface area is 74.9 Å². The van der Waals surface area contributed by atoms with Crippen molar-refractivity contribution in [3.63, 3.8) is 0 Å². The lowest BCUT2D eigenvalue weighted by Gasteiger charge is -2.10. The highest BCUT2D eigenvalue weighted by Crippen LogP contribution is 2.21. The van der Waals surface area contributed by atoms with Crippen molar-refractivity contribution in [2.75, 3.05) is 0 Å². The average Bonchev–Trinajstić information content (AvgIpc) is 2.07. The number of hydrogen-bond acceptors (Lipinski definition) is 0. The summed E-state index contributed by atoms with van der Waals surface area (Å²) in [5.74, 6) is 0.609. The van der Waals surface area contributed by atoms with E-state index in [9.17, 15) is 0 Å². The molecule has 1 aromatic rings. The molecule has 0 unspecified atom stereocenters. The molecule has 1 rings (SSSR count). The zero-order valence-electron chi connectivity index (χ0n) is 8.04. The minimum Gasteiger partial charge on any atom is -0.0836 e. The van der Waals surface area contributed by atoms with E-state index in [0.29, 0.717) is 5.92 Å². The SMILES string of the molecule is C/C=C(/c1ccccc1)C(C)C. The fourth-order valence-corrected chi connectivity index (χ4v) is 1.46. The Kier molecular flexibility index (Phi) is 3.09. The Bertz CT molecular complexity index is 255. The summed E-state index contributed by atoms with van der Waals surface area (Å²) in [6.45, 7) is 6.55. The number of hydrogen-bond donors (Lipinski definition) is 0. The number of allylic oxidation sites excluding steroid dienone is 2. The Balaban J connectivity index is 2.97. The first-order valence-corrected chi connectivity index (χ1v) is 4.47. The zero-order chi connectivity index (χ0) is 8.97. The normalized spacial score (nSPS) is 12.2. The molecular formula is C12H16. The van der Waals surface area contributed by atoms with Crippen LogP contribution in [-0.2, 0) is 0 Å². The van der Waals surface area contributed by atoms with E-state index in [0.717, 1.165) is 0 Å². The lowest BCUT2D eigenvalue weighted by molar-refractivity contribution is 0.854. The third-order valence-electron chi connectivity index (χ3n) is 2.04. The van der Waals surface area contributed by atoms with Crippen LogP contribution < -0.4 is 0 Å². The van der Waals surface area contributed by atoms with Crippen LogP contribution in [0.4, 0.5) is 0 Å². The maximum absolute atomic E-state index is 2.22. The Morgan fingerprint density at radius 1 is 1.17 bits per heavy atom.